The molecule has 2 aromatic heterocycles. The lowest BCUT2D eigenvalue weighted by Crippen LogP contribution is -2.76. The predicted octanol–water partition coefficient (Wildman–Crippen LogP) is 4.07. The zero-order chi connectivity index (χ0) is 46.0. The van der Waals surface area contributed by atoms with Crippen LogP contribution in [0.3, 0.4) is 0 Å². The number of carboxylic acids is 1. The highest BCUT2D eigenvalue weighted by molar-refractivity contribution is 7.80. The number of carbonyl (C=O) groups excluding carboxylic acids is 4. The molecule has 4 heterocycles. The number of fused-ring (bicyclic) bond motifs is 1. The summed E-state index contributed by atoms with van der Waals surface area (Å²) in [7, 11) is -5.09. The molecule has 24 heteroatoms. The number of alkyl carbamates (subject to hydrolysis) is 1. The maximum absolute atomic E-state index is 13.8. The predicted molar refractivity (Wildman–Crippen MR) is 220 cm³/mol. The zero-order valence-electron chi connectivity index (χ0n) is 35.5. The molecule has 0 spiro atoms. The van der Waals surface area contributed by atoms with Crippen LogP contribution in [-0.2, 0) is 56.3 Å². The van der Waals surface area contributed by atoms with Gasteiger partial charge in [-0.2, -0.15) is 18.6 Å². The number of carbonyl (C=O) groups is 5. The third-order valence-corrected chi connectivity index (χ3v) is 10.4. The molecule has 0 radical (unpaired) electrons. The number of aliphatic carboxylic acids is 1. The Balaban J connectivity index is 1.32. The summed E-state index contributed by atoms with van der Waals surface area (Å²) in [6.07, 6.45) is 2.23. The van der Waals surface area contributed by atoms with E-state index in [0.29, 0.717) is 36.7 Å². The van der Waals surface area contributed by atoms with Gasteiger partial charge in [-0.1, -0.05) is 11.2 Å². The SMILES string of the molecule is CC(C)(C)OC(=O)NCCCn1cc(-c2ccc3c(c2)CC[C@H](C(C)(O/N=C(\C(=O)N[C@@H]2C(=O)N(OS(=O)(=O)O)C2(C)C)c2csc(NC(=O)OC(C)(C)C)n2)C(=O)O)O3)cn1. The fourth-order valence-electron chi connectivity index (χ4n) is 6.17. The average Bonchev–Trinajstić information content (AvgIpc) is 3.82. The number of nitrogens with zero attached hydrogens (tertiary/aromatic N) is 5. The number of rotatable bonds is 15. The van der Waals surface area contributed by atoms with E-state index < -0.39 is 80.6 Å². The summed E-state index contributed by atoms with van der Waals surface area (Å²) >= 11 is 0.869. The Morgan fingerprint density at radius 2 is 1.73 bits per heavy atom. The molecule has 2 aliphatic rings. The van der Waals surface area contributed by atoms with Gasteiger partial charge in [-0.05, 0) is 105 Å². The summed E-state index contributed by atoms with van der Waals surface area (Å²) in [4.78, 5) is 73.9. The first kappa shape index (κ1) is 47.2. The Kier molecular flexibility index (Phi) is 13.6. The summed E-state index contributed by atoms with van der Waals surface area (Å²) < 4.78 is 54.6. The first-order valence-electron chi connectivity index (χ1n) is 19.2. The van der Waals surface area contributed by atoms with E-state index in [4.69, 9.17) is 23.6 Å². The third-order valence-electron chi connectivity index (χ3n) is 9.26. The Morgan fingerprint density at radius 3 is 2.35 bits per heavy atom. The van der Waals surface area contributed by atoms with Crippen LogP contribution >= 0.6 is 11.3 Å². The van der Waals surface area contributed by atoms with Crippen molar-refractivity contribution in [2.75, 3.05) is 11.9 Å². The number of ether oxygens (including phenoxy) is 3. The van der Waals surface area contributed by atoms with Gasteiger partial charge in [-0.25, -0.2) is 19.4 Å². The first-order valence-corrected chi connectivity index (χ1v) is 21.5. The highest BCUT2D eigenvalue weighted by Crippen LogP contribution is 2.37. The van der Waals surface area contributed by atoms with Gasteiger partial charge in [0.15, 0.2) is 16.9 Å². The maximum atomic E-state index is 13.8. The van der Waals surface area contributed by atoms with E-state index in [0.717, 1.165) is 28.0 Å². The number of carboxylic acid groups (broad SMARTS) is 1. The van der Waals surface area contributed by atoms with E-state index in [9.17, 15) is 37.5 Å². The molecule has 1 aromatic carbocycles. The fourth-order valence-corrected chi connectivity index (χ4v) is 7.30. The third kappa shape index (κ3) is 11.7. The molecule has 0 bridgehead atoms. The molecule has 2 aliphatic heterocycles. The van der Waals surface area contributed by atoms with Crippen LogP contribution < -0.4 is 20.7 Å². The second-order valence-corrected chi connectivity index (χ2v) is 18.9. The summed E-state index contributed by atoms with van der Waals surface area (Å²) in [5.41, 5.74) is -3.53. The average molecular weight is 907 g/mol. The van der Waals surface area contributed by atoms with Crippen molar-refractivity contribution in [2.45, 2.75) is 123 Å². The molecule has 338 valence electrons. The monoisotopic (exact) mass is 906 g/mol. The maximum Gasteiger partial charge on any atom is 0.418 e. The molecule has 5 N–H and O–H groups in total. The van der Waals surface area contributed by atoms with Gasteiger partial charge >= 0.3 is 28.6 Å². The largest absolute Gasteiger partial charge is 0.485 e. The summed E-state index contributed by atoms with van der Waals surface area (Å²) in [5, 5.41) is 28.1. The minimum absolute atomic E-state index is 0.0324. The van der Waals surface area contributed by atoms with Gasteiger partial charge in [0, 0.05) is 30.2 Å². The minimum Gasteiger partial charge on any atom is -0.485 e. The van der Waals surface area contributed by atoms with Gasteiger partial charge in [0.1, 0.15) is 28.7 Å². The molecule has 1 saturated heterocycles. The molecule has 5 rings (SSSR count). The number of benzene rings is 1. The van der Waals surface area contributed by atoms with Crippen molar-refractivity contribution in [3.8, 4) is 16.9 Å². The van der Waals surface area contributed by atoms with Gasteiger partial charge in [0.25, 0.3) is 17.4 Å². The highest BCUT2D eigenvalue weighted by Gasteiger charge is 2.58. The van der Waals surface area contributed by atoms with Gasteiger partial charge in [-0.3, -0.25) is 24.1 Å². The van der Waals surface area contributed by atoms with Crippen molar-refractivity contribution in [2.24, 2.45) is 5.16 Å². The molecule has 3 aromatic rings. The lowest BCUT2D eigenvalue weighted by atomic mass is 9.84. The summed E-state index contributed by atoms with van der Waals surface area (Å²) in [6.45, 7) is 15.2. The number of hydroxylamine groups is 2. The molecule has 62 heavy (non-hydrogen) atoms. The van der Waals surface area contributed by atoms with Crippen LogP contribution in [-0.4, -0.2) is 115 Å². The smallest absolute Gasteiger partial charge is 0.418 e. The lowest BCUT2D eigenvalue weighted by molar-refractivity contribution is -0.218. The number of amides is 4. The number of aromatic nitrogens is 3. The normalized spacial score (nSPS) is 18.6. The Labute approximate surface area is 361 Å². The van der Waals surface area contributed by atoms with Crippen molar-refractivity contribution in [3.63, 3.8) is 0 Å². The molecule has 4 amide bonds. The van der Waals surface area contributed by atoms with Gasteiger partial charge in [0.05, 0.1) is 11.7 Å². The van der Waals surface area contributed by atoms with E-state index in [1.54, 1.807) is 64.6 Å². The molecule has 0 saturated carbocycles. The Morgan fingerprint density at radius 1 is 1.05 bits per heavy atom. The van der Waals surface area contributed by atoms with Gasteiger partial charge in [-0.15, -0.1) is 15.6 Å². The van der Waals surface area contributed by atoms with E-state index >= 15 is 0 Å². The Bertz CT molecular complexity index is 2350. The van der Waals surface area contributed by atoms with Gasteiger partial charge < -0.3 is 34.8 Å². The standard InChI is InChI=1S/C38H50N8O14S2/c1-35(2,3)57-33(51)39-15-10-16-45-19-23(18-40-45)21-11-13-25-22(17-21)12-14-26(56-25)38(9,31(49)50)59-44-27(24-20-61-32(41-24)43-34(52)58-36(4,5)6)29(47)42-28-30(48)46(37(28,7)8)60-62(53,54)55/h11,13,17-20,26,28H,10,12,14-16H2,1-9H3,(H,39,51)(H,42,47)(H,49,50)(H,41,43,52)(H,53,54,55)/b44-27-/t26-,28-,38?/m1/s1. The van der Waals surface area contributed by atoms with Crippen LogP contribution in [0.1, 0.15) is 86.4 Å². The van der Waals surface area contributed by atoms with Crippen molar-refractivity contribution in [1.29, 1.82) is 0 Å². The van der Waals surface area contributed by atoms with Crippen molar-refractivity contribution >= 4 is 62.5 Å². The molecule has 22 nitrogen and oxygen atoms in total. The van der Waals surface area contributed by atoms with Crippen LogP contribution in [0.5, 0.6) is 5.75 Å². The zero-order valence-corrected chi connectivity index (χ0v) is 37.1. The van der Waals surface area contributed by atoms with E-state index in [1.165, 1.54) is 26.2 Å². The van der Waals surface area contributed by atoms with Crippen LogP contribution in [0.4, 0.5) is 14.7 Å². The highest BCUT2D eigenvalue weighted by atomic mass is 32.3. The van der Waals surface area contributed by atoms with Crippen molar-refractivity contribution in [3.05, 3.63) is 47.2 Å². The van der Waals surface area contributed by atoms with E-state index in [2.05, 4.69) is 35.5 Å². The number of oxime groups is 1. The molecular formula is C38H50N8O14S2. The first-order chi connectivity index (χ1) is 28.6. The number of aryl methyl sites for hydroxylation is 2. The summed E-state index contributed by atoms with van der Waals surface area (Å²) in [6, 6.07) is 3.98. The molecule has 1 fully saturated rings. The number of hydrogen-bond acceptors (Lipinski definition) is 16. The number of anilines is 1. The molecule has 0 aliphatic carbocycles. The number of nitrogens with one attached hydrogen (secondary N) is 3. The lowest BCUT2D eigenvalue weighted by Gasteiger charge is -2.50. The molecule has 1 unspecified atom stereocenters. The van der Waals surface area contributed by atoms with Gasteiger partial charge in [0.2, 0.25) is 0 Å². The topological polar surface area (TPSA) is 288 Å². The minimum atomic E-state index is -5.09. The number of thiazole rings is 1. The van der Waals surface area contributed by atoms with Crippen LogP contribution in [0.2, 0.25) is 0 Å². The fraction of sp³-hybridized carbons (Fsp3) is 0.526. The number of β-lactam (4-membered cyclic amide) rings is 1. The van der Waals surface area contributed by atoms with E-state index in [-0.39, 0.29) is 17.2 Å². The van der Waals surface area contributed by atoms with Crippen LogP contribution in [0.25, 0.3) is 11.1 Å². The Hall–Kier alpha value is -5.85. The second-order valence-electron chi connectivity index (χ2n) is 17.0. The van der Waals surface area contributed by atoms with Crippen molar-refractivity contribution in [1.82, 2.24) is 30.5 Å². The van der Waals surface area contributed by atoms with Crippen LogP contribution in [0.15, 0.2) is 41.1 Å². The second kappa shape index (κ2) is 17.9. The van der Waals surface area contributed by atoms with E-state index in [1.807, 2.05) is 12.3 Å². The number of hydrogen-bond donors (Lipinski definition) is 5. The quantitative estimate of drug-likeness (QED) is 0.0472. The van der Waals surface area contributed by atoms with Crippen molar-refractivity contribution < 1.29 is 65.4 Å². The van der Waals surface area contributed by atoms with Crippen LogP contribution in [0, 0.1) is 0 Å². The molecule has 3 atom stereocenters. The molecular weight excluding hydrogens is 857 g/mol. The summed E-state index contributed by atoms with van der Waals surface area (Å²) in [5.74, 6) is -3.24.